The van der Waals surface area contributed by atoms with E-state index in [0.29, 0.717) is 0 Å². The molecule has 1 aliphatic heterocycles. The molecule has 1 heterocycles. The second kappa shape index (κ2) is 2.40. The van der Waals surface area contributed by atoms with Crippen LogP contribution in [0.25, 0.3) is 0 Å². The fourth-order valence-electron chi connectivity index (χ4n) is 0.400. The first-order chi connectivity index (χ1) is 4.50. The van der Waals surface area contributed by atoms with Crippen LogP contribution in [0.2, 0.25) is 0 Å². The van der Waals surface area contributed by atoms with Crippen molar-refractivity contribution in [1.82, 2.24) is 9.95 Å². The van der Waals surface area contributed by atoms with Crippen molar-refractivity contribution in [3.63, 3.8) is 0 Å². The molecular weight excluding hydrogens is 176 g/mol. The van der Waals surface area contributed by atoms with Crippen LogP contribution >= 0.6 is 11.9 Å². The van der Waals surface area contributed by atoms with Crippen LogP contribution in [0.4, 0.5) is 0 Å². The molecule has 0 saturated heterocycles. The van der Waals surface area contributed by atoms with Gasteiger partial charge in [0.1, 0.15) is 0 Å². The highest BCUT2D eigenvalue weighted by molar-refractivity contribution is 8.16. The van der Waals surface area contributed by atoms with Crippen LogP contribution in [-0.4, -0.2) is 12.9 Å². The number of hydrogen-bond acceptors (Lipinski definition) is 6. The van der Waals surface area contributed by atoms with Crippen molar-refractivity contribution in [3.05, 3.63) is 10.4 Å². The summed E-state index contributed by atoms with van der Waals surface area (Å²) in [5.41, 5.74) is 2.43. The fraction of sp³-hybridized carbons (Fsp3) is 0. The summed E-state index contributed by atoms with van der Waals surface area (Å²) in [6.07, 6.45) is 1.22. The lowest BCUT2D eigenvalue weighted by atomic mass is 11.1. The van der Waals surface area contributed by atoms with Gasteiger partial charge >= 0.3 is 0 Å². The van der Waals surface area contributed by atoms with Gasteiger partial charge in [0.25, 0.3) is 0 Å². The zero-order chi connectivity index (χ0) is 7.78. The van der Waals surface area contributed by atoms with Crippen molar-refractivity contribution in [2.45, 2.75) is 0 Å². The summed E-state index contributed by atoms with van der Waals surface area (Å²) in [4.78, 5) is 0. The number of nitrogens with two attached hydrogens (primary N) is 2. The molecule has 0 amide bonds. The topological polar surface area (TPSA) is 101 Å². The van der Waals surface area contributed by atoms with Crippen LogP contribution in [0.1, 0.15) is 0 Å². The van der Waals surface area contributed by atoms with Gasteiger partial charge in [0.05, 0.1) is 0 Å². The van der Waals surface area contributed by atoms with E-state index in [4.69, 9.17) is 11.0 Å². The molecule has 0 bridgehead atoms. The Bertz CT molecular complexity index is 256. The van der Waals surface area contributed by atoms with Gasteiger partial charge in [-0.05, 0) is 0 Å². The van der Waals surface area contributed by atoms with Crippen LogP contribution < -0.4 is 16.4 Å². The Morgan fingerprint density at radius 3 is 2.50 bits per heavy atom. The molecule has 10 heavy (non-hydrogen) atoms. The number of sulfonamides is 1. The van der Waals surface area contributed by atoms with E-state index in [0.717, 1.165) is 16.5 Å². The van der Waals surface area contributed by atoms with Gasteiger partial charge in [0.15, 0.2) is 4.24 Å². The van der Waals surface area contributed by atoms with Crippen LogP contribution in [0.5, 0.6) is 0 Å². The average molecular weight is 182 g/mol. The SMILES string of the molecule is NN1NC=C(S(N)(=O)=O)S1. The van der Waals surface area contributed by atoms with Gasteiger partial charge in [-0.1, -0.05) is 4.52 Å². The lowest BCUT2D eigenvalue weighted by molar-refractivity contribution is 0.440. The summed E-state index contributed by atoms with van der Waals surface area (Å²) in [7, 11) is -3.60. The third-order valence-electron chi connectivity index (χ3n) is 0.778. The fourth-order valence-corrected chi connectivity index (χ4v) is 1.68. The first-order valence-electron chi connectivity index (χ1n) is 2.22. The molecule has 58 valence electrons. The maximum atomic E-state index is 10.5. The lowest BCUT2D eigenvalue weighted by Crippen LogP contribution is -2.30. The monoisotopic (exact) mass is 182 g/mol. The molecule has 8 heteroatoms. The van der Waals surface area contributed by atoms with Crippen molar-refractivity contribution >= 4 is 22.0 Å². The molecule has 1 aliphatic rings. The van der Waals surface area contributed by atoms with Gasteiger partial charge in [-0.25, -0.2) is 19.4 Å². The Labute approximate surface area is 62.4 Å². The van der Waals surface area contributed by atoms with Crippen LogP contribution in [0.15, 0.2) is 10.4 Å². The predicted molar refractivity (Wildman–Crippen MR) is 37.9 cm³/mol. The molecule has 0 spiro atoms. The number of hydrogen-bond donors (Lipinski definition) is 3. The van der Waals surface area contributed by atoms with Crippen molar-refractivity contribution in [3.8, 4) is 0 Å². The number of nitrogens with one attached hydrogen (secondary N) is 1. The van der Waals surface area contributed by atoms with Gasteiger partial charge in [-0.15, -0.1) is 0 Å². The second-order valence-electron chi connectivity index (χ2n) is 1.55. The van der Waals surface area contributed by atoms with E-state index in [1.54, 1.807) is 0 Å². The molecule has 0 aromatic heterocycles. The van der Waals surface area contributed by atoms with Crippen LogP contribution in [0.3, 0.4) is 0 Å². The van der Waals surface area contributed by atoms with Crippen molar-refractivity contribution in [2.75, 3.05) is 0 Å². The number of rotatable bonds is 1. The first kappa shape index (κ1) is 7.82. The summed E-state index contributed by atoms with van der Waals surface area (Å²) in [6.45, 7) is 0. The Morgan fingerprint density at radius 2 is 2.30 bits per heavy atom. The minimum absolute atomic E-state index is 0.00926. The Balaban J connectivity index is 2.80. The largest absolute Gasteiger partial charge is 0.301 e. The smallest absolute Gasteiger partial charge is 0.247 e. The van der Waals surface area contributed by atoms with E-state index < -0.39 is 10.0 Å². The highest BCUT2D eigenvalue weighted by atomic mass is 32.3. The highest BCUT2D eigenvalue weighted by Gasteiger charge is 2.20. The number of nitrogens with zero attached hydrogens (tertiary/aromatic N) is 1. The molecule has 5 N–H and O–H groups in total. The van der Waals surface area contributed by atoms with E-state index in [1.807, 2.05) is 0 Å². The maximum absolute atomic E-state index is 10.5. The highest BCUT2D eigenvalue weighted by Crippen LogP contribution is 2.23. The molecule has 0 saturated carbocycles. The lowest BCUT2D eigenvalue weighted by Gasteiger charge is -2.03. The Morgan fingerprint density at radius 1 is 1.70 bits per heavy atom. The Hall–Kier alpha value is -0.280. The van der Waals surface area contributed by atoms with Crippen LogP contribution in [0, 0.1) is 0 Å². The van der Waals surface area contributed by atoms with E-state index in [1.165, 1.54) is 6.20 Å². The number of hydrazine groups is 2. The van der Waals surface area contributed by atoms with E-state index in [2.05, 4.69) is 5.43 Å². The average Bonchev–Trinajstić information content (AvgIpc) is 2.11. The van der Waals surface area contributed by atoms with Gasteiger partial charge in [-0.3, -0.25) is 0 Å². The van der Waals surface area contributed by atoms with E-state index in [9.17, 15) is 8.42 Å². The zero-order valence-corrected chi connectivity index (χ0v) is 6.45. The summed E-state index contributed by atoms with van der Waals surface area (Å²) in [5.74, 6) is 5.13. The molecule has 0 radical (unpaired) electrons. The van der Waals surface area contributed by atoms with Gasteiger partial charge in [-0.2, -0.15) is 0 Å². The summed E-state index contributed by atoms with van der Waals surface area (Å²) in [6, 6.07) is 0. The van der Waals surface area contributed by atoms with Crippen molar-refractivity contribution in [2.24, 2.45) is 11.0 Å². The molecule has 1 rings (SSSR count). The van der Waals surface area contributed by atoms with E-state index in [-0.39, 0.29) is 4.24 Å². The quantitative estimate of drug-likeness (QED) is 0.334. The molecule has 6 nitrogen and oxygen atoms in total. The van der Waals surface area contributed by atoms with Crippen LogP contribution in [-0.2, 0) is 10.0 Å². The third kappa shape index (κ3) is 1.61. The molecule has 0 aromatic rings. The first-order valence-corrected chi connectivity index (χ1v) is 4.54. The molecule has 0 fully saturated rings. The van der Waals surface area contributed by atoms with Gasteiger partial charge in [0, 0.05) is 18.1 Å². The minimum atomic E-state index is -3.60. The predicted octanol–water partition coefficient (Wildman–Crippen LogP) is -1.58. The van der Waals surface area contributed by atoms with Gasteiger partial charge < -0.3 is 5.43 Å². The molecular formula is C2H6N4O2S2. The number of primary sulfonamides is 1. The van der Waals surface area contributed by atoms with Crippen molar-refractivity contribution < 1.29 is 8.42 Å². The normalized spacial score (nSPS) is 20.4. The summed E-state index contributed by atoms with van der Waals surface area (Å²) >= 11 is 0.821. The molecule has 0 aromatic carbocycles. The molecule has 0 unspecified atom stereocenters. The maximum Gasteiger partial charge on any atom is 0.247 e. The zero-order valence-electron chi connectivity index (χ0n) is 4.81. The summed E-state index contributed by atoms with van der Waals surface area (Å²) in [5, 5.41) is 4.76. The standard InChI is InChI=1S/C2H6N4O2S2/c3-6-5-1-2(9-6)10(4,7)8/h1,5H,3H2,(H2,4,7,8). The third-order valence-corrected chi connectivity index (χ3v) is 2.98. The van der Waals surface area contributed by atoms with E-state index >= 15 is 0 Å². The minimum Gasteiger partial charge on any atom is -0.301 e. The Kier molecular flexibility index (Phi) is 1.88. The van der Waals surface area contributed by atoms with Crippen molar-refractivity contribution in [1.29, 1.82) is 0 Å². The second-order valence-corrected chi connectivity index (χ2v) is 4.36. The van der Waals surface area contributed by atoms with Gasteiger partial charge in [0.2, 0.25) is 10.0 Å². The molecule has 0 aliphatic carbocycles. The molecule has 0 atom stereocenters. The summed E-state index contributed by atoms with van der Waals surface area (Å²) < 4.78 is 22.1.